The topological polar surface area (TPSA) is 91.4 Å². The summed E-state index contributed by atoms with van der Waals surface area (Å²) in [6, 6.07) is 6.02. The molecule has 0 unspecified atom stereocenters. The molecule has 0 atom stereocenters. The number of hydrogen-bond acceptors (Lipinski definition) is 5. The quantitative estimate of drug-likeness (QED) is 0.499. The number of hydrogen-bond donors (Lipinski definition) is 1. The number of nitrogens with zero attached hydrogens (tertiary/aromatic N) is 4. The standard InChI is InChI=1S/C16H23N5O2S/c1-2-20(21-12-16(11-18-21)9-3-4-10-16)13-19-24(22,23)15-7-5-14(17)6-8-15/h5-8,11,13H,2-4,9-10,12,17H2,1H3. The van der Waals surface area contributed by atoms with E-state index in [9.17, 15) is 8.42 Å². The highest BCUT2D eigenvalue weighted by atomic mass is 32.2. The maximum absolute atomic E-state index is 12.3. The van der Waals surface area contributed by atoms with Crippen LogP contribution in [0, 0.1) is 5.41 Å². The van der Waals surface area contributed by atoms with Crippen molar-refractivity contribution in [1.82, 2.24) is 10.1 Å². The summed E-state index contributed by atoms with van der Waals surface area (Å²) in [6.07, 6.45) is 8.11. The Kier molecular flexibility index (Phi) is 4.49. The second-order valence-corrected chi connectivity index (χ2v) is 8.00. The maximum Gasteiger partial charge on any atom is 0.283 e. The lowest BCUT2D eigenvalue weighted by Gasteiger charge is -2.29. The van der Waals surface area contributed by atoms with E-state index in [-0.39, 0.29) is 10.3 Å². The van der Waals surface area contributed by atoms with Crippen LogP contribution >= 0.6 is 0 Å². The monoisotopic (exact) mass is 349 g/mol. The van der Waals surface area contributed by atoms with E-state index < -0.39 is 10.0 Å². The lowest BCUT2D eigenvalue weighted by molar-refractivity contribution is 0.0498. The van der Waals surface area contributed by atoms with E-state index in [0.29, 0.717) is 12.2 Å². The largest absolute Gasteiger partial charge is 0.399 e. The first-order chi connectivity index (χ1) is 11.4. The second kappa shape index (κ2) is 6.43. The van der Waals surface area contributed by atoms with Gasteiger partial charge in [-0.25, -0.2) is 5.12 Å². The first kappa shape index (κ1) is 16.8. The van der Waals surface area contributed by atoms with Crippen molar-refractivity contribution in [2.45, 2.75) is 37.5 Å². The average Bonchev–Trinajstić information content (AvgIpc) is 3.19. The summed E-state index contributed by atoms with van der Waals surface area (Å²) in [5, 5.41) is 8.01. The zero-order valence-electron chi connectivity index (χ0n) is 13.8. The molecule has 2 aliphatic rings. The van der Waals surface area contributed by atoms with Crippen molar-refractivity contribution in [1.29, 1.82) is 0 Å². The van der Waals surface area contributed by atoms with Gasteiger partial charge in [-0.15, -0.1) is 4.40 Å². The van der Waals surface area contributed by atoms with Crippen LogP contribution in [0.2, 0.25) is 0 Å². The van der Waals surface area contributed by atoms with Gasteiger partial charge in [0, 0.05) is 23.9 Å². The van der Waals surface area contributed by atoms with Gasteiger partial charge in [0.2, 0.25) is 0 Å². The smallest absolute Gasteiger partial charge is 0.283 e. The first-order valence-corrected chi connectivity index (χ1v) is 9.63. The van der Waals surface area contributed by atoms with Gasteiger partial charge >= 0.3 is 0 Å². The molecule has 2 N–H and O–H groups in total. The van der Waals surface area contributed by atoms with E-state index in [1.807, 2.05) is 18.3 Å². The van der Waals surface area contributed by atoms with Crippen molar-refractivity contribution < 1.29 is 8.42 Å². The van der Waals surface area contributed by atoms with Gasteiger partial charge < -0.3 is 5.73 Å². The summed E-state index contributed by atoms with van der Waals surface area (Å²) in [5.41, 5.74) is 6.25. The Hall–Kier alpha value is -2.09. The molecule has 1 aromatic rings. The van der Waals surface area contributed by atoms with Crippen LogP contribution < -0.4 is 5.73 Å². The summed E-state index contributed by atoms with van der Waals surface area (Å²) in [6.45, 7) is 3.32. The molecule has 24 heavy (non-hydrogen) atoms. The highest BCUT2D eigenvalue weighted by molar-refractivity contribution is 7.90. The van der Waals surface area contributed by atoms with Crippen molar-refractivity contribution in [2.24, 2.45) is 14.9 Å². The number of benzene rings is 1. The molecular weight excluding hydrogens is 326 g/mol. The van der Waals surface area contributed by atoms with E-state index in [4.69, 9.17) is 5.73 Å². The summed E-state index contributed by atoms with van der Waals surface area (Å²) >= 11 is 0. The number of anilines is 1. The molecule has 0 saturated heterocycles. The van der Waals surface area contributed by atoms with Gasteiger partial charge in [-0.3, -0.25) is 5.01 Å². The molecule has 0 amide bonds. The fraction of sp³-hybridized carbons (Fsp3) is 0.500. The fourth-order valence-electron chi connectivity index (χ4n) is 3.20. The Morgan fingerprint density at radius 1 is 1.33 bits per heavy atom. The number of hydrazone groups is 1. The third kappa shape index (κ3) is 3.38. The predicted octanol–water partition coefficient (Wildman–Crippen LogP) is 2.08. The lowest BCUT2D eigenvalue weighted by atomic mass is 9.89. The molecule has 0 aromatic heterocycles. The molecule has 8 heteroatoms. The minimum atomic E-state index is -3.75. The van der Waals surface area contributed by atoms with E-state index in [1.54, 1.807) is 17.1 Å². The zero-order valence-corrected chi connectivity index (χ0v) is 14.6. The van der Waals surface area contributed by atoms with Crippen molar-refractivity contribution in [3.8, 4) is 0 Å². The molecule has 3 rings (SSSR count). The van der Waals surface area contributed by atoms with Gasteiger partial charge in [-0.2, -0.15) is 13.5 Å². The molecule has 1 aromatic carbocycles. The molecule has 7 nitrogen and oxygen atoms in total. The normalized spacial score (nSPS) is 19.6. The Morgan fingerprint density at radius 2 is 2.00 bits per heavy atom. The van der Waals surface area contributed by atoms with Crippen LogP contribution in [-0.4, -0.2) is 44.2 Å². The van der Waals surface area contributed by atoms with E-state index in [0.717, 1.165) is 19.4 Å². The first-order valence-electron chi connectivity index (χ1n) is 8.19. The maximum atomic E-state index is 12.3. The van der Waals surface area contributed by atoms with Crippen LogP contribution in [0.15, 0.2) is 38.7 Å². The summed E-state index contributed by atoms with van der Waals surface area (Å²) in [4.78, 5) is 0.126. The fourth-order valence-corrected chi connectivity index (χ4v) is 4.03. The molecule has 0 radical (unpaired) electrons. The molecule has 1 heterocycles. The third-order valence-electron chi connectivity index (χ3n) is 4.64. The minimum Gasteiger partial charge on any atom is -0.399 e. The van der Waals surface area contributed by atoms with Gasteiger partial charge in [-0.05, 0) is 44.0 Å². The molecular formula is C16H23N5O2S. The second-order valence-electron chi connectivity index (χ2n) is 6.37. The van der Waals surface area contributed by atoms with Gasteiger partial charge in [0.25, 0.3) is 10.0 Å². The van der Waals surface area contributed by atoms with Crippen LogP contribution in [0.1, 0.15) is 32.6 Å². The molecule has 0 bridgehead atoms. The summed E-state index contributed by atoms with van der Waals surface area (Å²) in [5.74, 6) is 0. The van der Waals surface area contributed by atoms with E-state index in [2.05, 4.69) is 9.50 Å². The summed E-state index contributed by atoms with van der Waals surface area (Å²) in [7, 11) is -3.75. The van der Waals surface area contributed by atoms with E-state index >= 15 is 0 Å². The molecule has 1 saturated carbocycles. The van der Waals surface area contributed by atoms with Gasteiger partial charge in [0.1, 0.15) is 6.34 Å². The van der Waals surface area contributed by atoms with Crippen LogP contribution in [0.5, 0.6) is 0 Å². The van der Waals surface area contributed by atoms with Crippen molar-refractivity contribution in [2.75, 3.05) is 18.8 Å². The number of nitrogens with two attached hydrogens (primary N) is 1. The molecule has 1 spiro atoms. The average molecular weight is 349 g/mol. The molecule has 1 fully saturated rings. The molecule has 130 valence electrons. The Morgan fingerprint density at radius 3 is 2.62 bits per heavy atom. The van der Waals surface area contributed by atoms with Crippen LogP contribution in [0.25, 0.3) is 0 Å². The number of nitrogen functional groups attached to an aromatic ring is 1. The Balaban J connectivity index is 1.72. The van der Waals surface area contributed by atoms with Crippen LogP contribution in [0.4, 0.5) is 5.69 Å². The van der Waals surface area contributed by atoms with Gasteiger partial charge in [-0.1, -0.05) is 12.8 Å². The highest BCUT2D eigenvalue weighted by Crippen LogP contribution is 2.40. The van der Waals surface area contributed by atoms with E-state index in [1.165, 1.54) is 31.3 Å². The predicted molar refractivity (Wildman–Crippen MR) is 95.0 cm³/mol. The van der Waals surface area contributed by atoms with Gasteiger partial charge in [0.15, 0.2) is 0 Å². The Labute approximate surface area is 142 Å². The third-order valence-corrected chi connectivity index (χ3v) is 5.88. The Bertz CT molecular complexity index is 736. The zero-order chi connectivity index (χ0) is 17.2. The number of rotatable bonds is 5. The number of sulfonamides is 1. The lowest BCUT2D eigenvalue weighted by Crippen LogP contribution is -2.40. The number of hydrazine groups is 1. The van der Waals surface area contributed by atoms with Crippen LogP contribution in [-0.2, 0) is 10.0 Å². The van der Waals surface area contributed by atoms with Crippen molar-refractivity contribution >= 4 is 28.3 Å². The van der Waals surface area contributed by atoms with Crippen molar-refractivity contribution in [3.63, 3.8) is 0 Å². The minimum absolute atomic E-state index is 0.126. The molecule has 1 aliphatic heterocycles. The van der Waals surface area contributed by atoms with Gasteiger partial charge in [0.05, 0.1) is 11.4 Å². The van der Waals surface area contributed by atoms with Crippen LogP contribution in [0.3, 0.4) is 0 Å². The summed E-state index contributed by atoms with van der Waals surface area (Å²) < 4.78 is 28.4. The molecule has 1 aliphatic carbocycles. The SMILES string of the molecule is CCN(C=NS(=O)(=O)c1ccc(N)cc1)N1CC2(C=N1)CCCC2. The van der Waals surface area contributed by atoms with Crippen molar-refractivity contribution in [3.05, 3.63) is 24.3 Å². The highest BCUT2D eigenvalue weighted by Gasteiger charge is 2.39.